The van der Waals surface area contributed by atoms with Crippen LogP contribution in [0.1, 0.15) is 23.5 Å². The summed E-state index contributed by atoms with van der Waals surface area (Å²) in [5, 5.41) is 2.98. The predicted molar refractivity (Wildman–Crippen MR) is 106 cm³/mol. The first-order valence-electron chi connectivity index (χ1n) is 7.83. The van der Waals surface area contributed by atoms with Crippen LogP contribution in [0.2, 0.25) is 0 Å². The van der Waals surface area contributed by atoms with Crippen LogP contribution in [-0.4, -0.2) is 18.4 Å². The fraction of sp³-hybridized carbons (Fsp3) is 0.278. The molecule has 0 aliphatic heterocycles. The van der Waals surface area contributed by atoms with Gasteiger partial charge in [-0.3, -0.25) is 0 Å². The monoisotopic (exact) mass is 477 g/mol. The number of nitrogens with one attached hydrogen (secondary N) is 1. The van der Waals surface area contributed by atoms with Crippen LogP contribution in [0.4, 0.5) is 18.9 Å². The number of nitrogens with two attached hydrogens (primary N) is 1. The van der Waals surface area contributed by atoms with Gasteiger partial charge in [0, 0.05) is 11.6 Å². The van der Waals surface area contributed by atoms with Gasteiger partial charge in [-0.05, 0) is 37.1 Å². The van der Waals surface area contributed by atoms with Crippen LogP contribution in [0.15, 0.2) is 53.5 Å². The zero-order chi connectivity index (χ0) is 18.0. The zero-order valence-corrected chi connectivity index (χ0v) is 16.3. The van der Waals surface area contributed by atoms with Gasteiger partial charge in [0.15, 0.2) is 5.96 Å². The Balaban J connectivity index is 0.00000243. The Morgan fingerprint density at radius 1 is 1.15 bits per heavy atom. The van der Waals surface area contributed by atoms with Crippen molar-refractivity contribution in [3.8, 4) is 5.75 Å². The number of guanidine groups is 1. The first kappa shape index (κ1) is 20.3. The third kappa shape index (κ3) is 5.52. The molecule has 1 fully saturated rings. The lowest BCUT2D eigenvalue weighted by molar-refractivity contribution is -0.274. The quantitative estimate of drug-likeness (QED) is 0.378. The van der Waals surface area contributed by atoms with Gasteiger partial charge in [0.05, 0.1) is 6.04 Å². The molecule has 26 heavy (non-hydrogen) atoms. The molecule has 1 aliphatic rings. The molecule has 0 spiro atoms. The van der Waals surface area contributed by atoms with E-state index < -0.39 is 6.36 Å². The molecule has 3 N–H and O–H groups in total. The molecule has 2 aromatic carbocycles. The number of anilines is 1. The van der Waals surface area contributed by atoms with E-state index in [-0.39, 0.29) is 47.6 Å². The smallest absolute Gasteiger partial charge is 0.405 e. The summed E-state index contributed by atoms with van der Waals surface area (Å²) < 4.78 is 41.6. The van der Waals surface area contributed by atoms with Crippen molar-refractivity contribution >= 4 is 35.6 Å². The van der Waals surface area contributed by atoms with Gasteiger partial charge in [-0.25, -0.2) is 4.99 Å². The fourth-order valence-corrected chi connectivity index (χ4v) is 2.66. The number of alkyl halides is 3. The molecule has 0 aromatic heterocycles. The van der Waals surface area contributed by atoms with Crippen molar-refractivity contribution in [2.24, 2.45) is 10.7 Å². The number of rotatable bonds is 4. The van der Waals surface area contributed by atoms with Crippen LogP contribution in [0.5, 0.6) is 5.75 Å². The van der Waals surface area contributed by atoms with E-state index in [1.54, 1.807) is 12.1 Å². The molecule has 3 rings (SSSR count). The predicted octanol–water partition coefficient (Wildman–Crippen LogP) is 4.79. The summed E-state index contributed by atoms with van der Waals surface area (Å²) in [4.78, 5) is 4.35. The second-order valence-electron chi connectivity index (χ2n) is 6.00. The number of halogens is 4. The van der Waals surface area contributed by atoms with Crippen LogP contribution in [0.3, 0.4) is 0 Å². The maximum atomic E-state index is 12.5. The van der Waals surface area contributed by atoms with E-state index in [1.807, 2.05) is 31.2 Å². The highest BCUT2D eigenvalue weighted by atomic mass is 127. The van der Waals surface area contributed by atoms with Crippen LogP contribution < -0.4 is 15.8 Å². The van der Waals surface area contributed by atoms with Crippen LogP contribution in [-0.2, 0) is 0 Å². The first-order chi connectivity index (χ1) is 11.8. The number of hydrogen-bond donors (Lipinski definition) is 2. The van der Waals surface area contributed by atoms with E-state index in [9.17, 15) is 13.2 Å². The van der Waals surface area contributed by atoms with Crippen LogP contribution in [0.25, 0.3) is 0 Å². The van der Waals surface area contributed by atoms with Gasteiger partial charge in [-0.2, -0.15) is 0 Å². The number of nitrogens with zero attached hydrogens (tertiary/aromatic N) is 1. The second-order valence-corrected chi connectivity index (χ2v) is 6.00. The molecule has 1 saturated carbocycles. The summed E-state index contributed by atoms with van der Waals surface area (Å²) in [5.41, 5.74) is 8.33. The van der Waals surface area contributed by atoms with Crippen molar-refractivity contribution in [1.29, 1.82) is 0 Å². The molecule has 8 heteroatoms. The van der Waals surface area contributed by atoms with Gasteiger partial charge >= 0.3 is 6.36 Å². The summed E-state index contributed by atoms with van der Waals surface area (Å²) in [7, 11) is 0. The maximum absolute atomic E-state index is 12.5. The largest absolute Gasteiger partial charge is 0.573 e. The lowest BCUT2D eigenvalue weighted by Crippen LogP contribution is -2.23. The Bertz CT molecular complexity index is 778. The average Bonchev–Trinajstić information content (AvgIpc) is 3.27. The molecule has 140 valence electrons. The molecule has 2 atom stereocenters. The van der Waals surface area contributed by atoms with E-state index in [0.29, 0.717) is 12.0 Å². The lowest BCUT2D eigenvalue weighted by atomic mass is 10.1. The maximum Gasteiger partial charge on any atom is 0.573 e. The van der Waals surface area contributed by atoms with Crippen molar-refractivity contribution in [2.75, 3.05) is 5.32 Å². The number of ether oxygens (including phenoxy) is 1. The minimum Gasteiger partial charge on any atom is -0.405 e. The van der Waals surface area contributed by atoms with Crippen molar-refractivity contribution in [2.45, 2.75) is 31.7 Å². The summed E-state index contributed by atoms with van der Waals surface area (Å²) in [5.74, 6) is -0.0646. The molecule has 2 unspecified atom stereocenters. The molecule has 0 heterocycles. The van der Waals surface area contributed by atoms with Crippen molar-refractivity contribution in [1.82, 2.24) is 0 Å². The third-order valence-corrected chi connectivity index (χ3v) is 3.93. The van der Waals surface area contributed by atoms with E-state index >= 15 is 0 Å². The SMILES string of the molecule is Cc1ccc(NC(N)=NC2CC2c2ccccc2OC(F)(F)F)cc1.I. The van der Waals surface area contributed by atoms with E-state index in [4.69, 9.17) is 5.73 Å². The number of para-hydroxylation sites is 1. The van der Waals surface area contributed by atoms with Crippen LogP contribution >= 0.6 is 24.0 Å². The van der Waals surface area contributed by atoms with E-state index in [2.05, 4.69) is 15.0 Å². The standard InChI is InChI=1S/C18H18F3N3O.HI/c1-11-6-8-12(9-7-11)23-17(22)24-15-10-14(15)13-4-2-3-5-16(13)25-18(19,20)21;/h2-9,14-15H,10H2,1H3,(H3,22,23,24);1H. The average molecular weight is 477 g/mol. The van der Waals surface area contributed by atoms with Crippen molar-refractivity contribution < 1.29 is 17.9 Å². The Morgan fingerprint density at radius 2 is 1.81 bits per heavy atom. The Labute approximate surface area is 166 Å². The summed E-state index contributed by atoms with van der Waals surface area (Å²) in [6.07, 6.45) is -4.08. The Hall–Kier alpha value is -1.97. The molecular weight excluding hydrogens is 458 g/mol. The van der Waals surface area contributed by atoms with Crippen molar-refractivity contribution in [3.05, 3.63) is 59.7 Å². The minimum atomic E-state index is -4.71. The van der Waals surface area contributed by atoms with Gasteiger partial charge in [0.1, 0.15) is 5.75 Å². The molecule has 2 aromatic rings. The number of benzene rings is 2. The Kier molecular flexibility index (Phi) is 6.38. The highest BCUT2D eigenvalue weighted by Crippen LogP contribution is 2.47. The molecule has 0 amide bonds. The van der Waals surface area contributed by atoms with Gasteiger partial charge in [0.25, 0.3) is 0 Å². The number of hydrogen-bond acceptors (Lipinski definition) is 2. The fourth-order valence-electron chi connectivity index (χ4n) is 2.66. The van der Waals surface area contributed by atoms with Gasteiger partial charge in [0.2, 0.25) is 0 Å². The molecule has 1 aliphatic carbocycles. The zero-order valence-electron chi connectivity index (χ0n) is 14.0. The van der Waals surface area contributed by atoms with Gasteiger partial charge in [-0.15, -0.1) is 37.1 Å². The Morgan fingerprint density at radius 3 is 2.46 bits per heavy atom. The van der Waals surface area contributed by atoms with E-state index in [0.717, 1.165) is 11.3 Å². The number of aryl methyl sites for hydroxylation is 1. The van der Waals surface area contributed by atoms with E-state index in [1.165, 1.54) is 12.1 Å². The summed E-state index contributed by atoms with van der Waals surface area (Å²) in [6, 6.07) is 13.6. The highest BCUT2D eigenvalue weighted by Gasteiger charge is 2.42. The summed E-state index contributed by atoms with van der Waals surface area (Å²) >= 11 is 0. The third-order valence-electron chi connectivity index (χ3n) is 3.93. The second kappa shape index (κ2) is 8.15. The molecule has 0 saturated heterocycles. The van der Waals surface area contributed by atoms with Crippen LogP contribution in [0, 0.1) is 6.92 Å². The lowest BCUT2D eigenvalue weighted by Gasteiger charge is -2.12. The van der Waals surface area contributed by atoms with Gasteiger partial charge in [-0.1, -0.05) is 35.9 Å². The minimum absolute atomic E-state index is 0. The topological polar surface area (TPSA) is 59.6 Å². The van der Waals surface area contributed by atoms with Gasteiger partial charge < -0.3 is 15.8 Å². The van der Waals surface area contributed by atoms with Crippen molar-refractivity contribution in [3.63, 3.8) is 0 Å². The molecule has 4 nitrogen and oxygen atoms in total. The first-order valence-corrected chi connectivity index (χ1v) is 7.83. The molecule has 0 bridgehead atoms. The number of aliphatic imine (C=N–C) groups is 1. The molecule has 0 radical (unpaired) electrons. The normalized spacial score (nSPS) is 19.5. The molecular formula is C18H19F3IN3O. The highest BCUT2D eigenvalue weighted by molar-refractivity contribution is 14.0. The summed E-state index contributed by atoms with van der Waals surface area (Å²) in [6.45, 7) is 1.98.